The van der Waals surface area contributed by atoms with E-state index in [1.807, 2.05) is 18.2 Å². The van der Waals surface area contributed by atoms with Crippen LogP contribution >= 0.6 is 0 Å². The molecule has 1 aliphatic rings. The summed E-state index contributed by atoms with van der Waals surface area (Å²) in [7, 11) is 1.69. The van der Waals surface area contributed by atoms with E-state index in [2.05, 4.69) is 10.6 Å². The van der Waals surface area contributed by atoms with E-state index in [1.165, 1.54) is 0 Å². The van der Waals surface area contributed by atoms with Crippen LogP contribution in [-0.4, -0.2) is 86.9 Å². The first kappa shape index (κ1) is 26.9. The van der Waals surface area contributed by atoms with Crippen LogP contribution < -0.4 is 0 Å². The van der Waals surface area contributed by atoms with Crippen LogP contribution in [0.5, 0.6) is 0 Å². The minimum atomic E-state index is -1.09. The van der Waals surface area contributed by atoms with E-state index in [1.54, 1.807) is 32.8 Å². The van der Waals surface area contributed by atoms with Gasteiger partial charge in [-0.1, -0.05) is 12.1 Å². The summed E-state index contributed by atoms with van der Waals surface area (Å²) in [5.74, 6) is 0.778. The van der Waals surface area contributed by atoms with Crippen LogP contribution in [0.2, 0.25) is 0 Å². The van der Waals surface area contributed by atoms with Crippen LogP contribution in [0.3, 0.4) is 0 Å². The molecule has 1 aromatic heterocycles. The van der Waals surface area contributed by atoms with Gasteiger partial charge in [-0.05, 0) is 52.2 Å². The number of ether oxygens (including phenoxy) is 2. The zero-order valence-electron chi connectivity index (χ0n) is 21.1. The molecule has 2 unspecified atom stereocenters. The molecule has 2 atom stereocenters. The molecule has 0 spiro atoms. The number of para-hydroxylation sites is 2. The first-order chi connectivity index (χ1) is 16.6. The van der Waals surface area contributed by atoms with Gasteiger partial charge in [0.1, 0.15) is 11.4 Å². The van der Waals surface area contributed by atoms with Crippen LogP contribution in [0.25, 0.3) is 11.0 Å². The van der Waals surface area contributed by atoms with Crippen molar-refractivity contribution in [3.05, 3.63) is 30.1 Å². The second-order valence-electron chi connectivity index (χ2n) is 10.0. The molecule has 10 heteroatoms. The lowest BCUT2D eigenvalue weighted by atomic mass is 9.96. The summed E-state index contributed by atoms with van der Waals surface area (Å²) >= 11 is 0. The molecule has 35 heavy (non-hydrogen) atoms. The lowest BCUT2D eigenvalue weighted by molar-refractivity contribution is -0.148. The third kappa shape index (κ3) is 6.93. The molecule has 1 saturated heterocycles. The van der Waals surface area contributed by atoms with E-state index in [0.29, 0.717) is 24.8 Å². The molecular formula is C25H38N4O6. The summed E-state index contributed by atoms with van der Waals surface area (Å²) in [6.07, 6.45) is 1.38. The van der Waals surface area contributed by atoms with Crippen LogP contribution in [0.1, 0.15) is 58.2 Å². The molecule has 0 bridgehead atoms. The van der Waals surface area contributed by atoms with Gasteiger partial charge in [-0.2, -0.15) is 5.06 Å². The molecule has 10 nitrogen and oxygen atoms in total. The quantitative estimate of drug-likeness (QED) is 0.315. The Bertz CT molecular complexity index is 1000. The van der Waals surface area contributed by atoms with Gasteiger partial charge in [-0.3, -0.25) is 10.0 Å². The molecule has 0 radical (unpaired) electrons. The molecule has 1 aromatic carbocycles. The van der Waals surface area contributed by atoms with Gasteiger partial charge in [0.2, 0.25) is 5.91 Å². The van der Waals surface area contributed by atoms with E-state index in [9.17, 15) is 19.9 Å². The SMILES string of the molecule is COCCCn1c(C2CCCN(C(=O)CC(CO)N(O)C(=O)OC(C)(C)C)C2)nc2ccccc21. The zero-order valence-corrected chi connectivity index (χ0v) is 21.1. The number of carbonyl (C=O) groups excluding carboxylic acids is 2. The smallest absolute Gasteiger partial charge is 0.434 e. The Hall–Kier alpha value is -2.69. The van der Waals surface area contributed by atoms with Gasteiger partial charge in [0.25, 0.3) is 0 Å². The molecule has 2 amide bonds. The van der Waals surface area contributed by atoms with Crippen molar-refractivity contribution >= 4 is 23.0 Å². The van der Waals surface area contributed by atoms with Gasteiger partial charge in [-0.25, -0.2) is 9.78 Å². The largest absolute Gasteiger partial charge is 0.442 e. The molecule has 1 fully saturated rings. The molecule has 194 valence electrons. The number of benzene rings is 1. The number of methoxy groups -OCH3 is 1. The highest BCUT2D eigenvalue weighted by Crippen LogP contribution is 2.30. The number of nitrogens with zero attached hydrogens (tertiary/aromatic N) is 4. The number of aryl methyl sites for hydroxylation is 1. The van der Waals surface area contributed by atoms with Crippen molar-refractivity contribution in [3.63, 3.8) is 0 Å². The predicted molar refractivity (Wildman–Crippen MR) is 130 cm³/mol. The number of hydrogen-bond donors (Lipinski definition) is 2. The van der Waals surface area contributed by atoms with Crippen molar-refractivity contribution in [1.29, 1.82) is 0 Å². The molecule has 0 aliphatic carbocycles. The summed E-state index contributed by atoms with van der Waals surface area (Å²) in [5, 5.41) is 20.3. The van der Waals surface area contributed by atoms with Gasteiger partial charge in [0.05, 0.1) is 30.1 Å². The molecule has 3 rings (SSSR count). The van der Waals surface area contributed by atoms with Crippen molar-refractivity contribution in [2.75, 3.05) is 33.4 Å². The lowest BCUT2D eigenvalue weighted by Gasteiger charge is -2.34. The van der Waals surface area contributed by atoms with Gasteiger partial charge in [-0.15, -0.1) is 0 Å². The van der Waals surface area contributed by atoms with Gasteiger partial charge >= 0.3 is 6.09 Å². The van der Waals surface area contributed by atoms with Gasteiger partial charge in [0.15, 0.2) is 0 Å². The fourth-order valence-electron chi connectivity index (χ4n) is 4.44. The van der Waals surface area contributed by atoms with Crippen molar-refractivity contribution in [1.82, 2.24) is 19.5 Å². The van der Waals surface area contributed by atoms with Crippen molar-refractivity contribution in [2.24, 2.45) is 0 Å². The van der Waals surface area contributed by atoms with Crippen molar-refractivity contribution < 1.29 is 29.4 Å². The maximum atomic E-state index is 13.1. The highest BCUT2D eigenvalue weighted by molar-refractivity contribution is 5.78. The highest BCUT2D eigenvalue weighted by atomic mass is 16.6. The van der Waals surface area contributed by atoms with E-state index in [0.717, 1.165) is 42.7 Å². The molecule has 0 saturated carbocycles. The second-order valence-corrected chi connectivity index (χ2v) is 10.0. The summed E-state index contributed by atoms with van der Waals surface area (Å²) in [6, 6.07) is 6.93. The molecule has 2 N–H and O–H groups in total. The number of likely N-dealkylation sites (tertiary alicyclic amines) is 1. The Morgan fingerprint density at radius 2 is 2.03 bits per heavy atom. The number of aliphatic hydroxyl groups excluding tert-OH is 1. The average Bonchev–Trinajstić information content (AvgIpc) is 3.20. The van der Waals surface area contributed by atoms with Crippen LogP contribution in [0, 0.1) is 0 Å². The van der Waals surface area contributed by atoms with Gasteiger partial charge in [0, 0.05) is 39.3 Å². The Morgan fingerprint density at radius 1 is 1.29 bits per heavy atom. The average molecular weight is 491 g/mol. The Labute approximate surface area is 206 Å². The maximum absolute atomic E-state index is 13.1. The summed E-state index contributed by atoms with van der Waals surface area (Å²) in [6.45, 7) is 6.96. The normalized spacial score (nSPS) is 17.4. The summed E-state index contributed by atoms with van der Waals surface area (Å²) in [4.78, 5) is 31.9. The fourth-order valence-corrected chi connectivity index (χ4v) is 4.44. The first-order valence-corrected chi connectivity index (χ1v) is 12.2. The summed E-state index contributed by atoms with van der Waals surface area (Å²) in [5.41, 5.74) is 1.18. The standard InChI is InChI=1S/C25H38N4O6/c1-25(2,3)35-24(32)29(33)19(17-30)15-22(31)27-12-7-9-18(16-27)23-26-20-10-5-6-11-21(20)28(23)13-8-14-34-4/h5-6,10-11,18-19,30,33H,7-9,12-17H2,1-4H3. The van der Waals surface area contributed by atoms with E-state index in [4.69, 9.17) is 14.5 Å². The van der Waals surface area contributed by atoms with Crippen molar-refractivity contribution in [3.8, 4) is 0 Å². The number of fused-ring (bicyclic) bond motifs is 1. The summed E-state index contributed by atoms with van der Waals surface area (Å²) < 4.78 is 12.6. The number of rotatable bonds is 9. The fraction of sp³-hybridized carbons (Fsp3) is 0.640. The highest BCUT2D eigenvalue weighted by Gasteiger charge is 2.33. The van der Waals surface area contributed by atoms with E-state index >= 15 is 0 Å². The minimum Gasteiger partial charge on any atom is -0.442 e. The third-order valence-electron chi connectivity index (χ3n) is 6.10. The molecule has 2 aromatic rings. The number of imidazole rings is 1. The monoisotopic (exact) mass is 490 g/mol. The third-order valence-corrected chi connectivity index (χ3v) is 6.10. The first-order valence-electron chi connectivity index (χ1n) is 12.2. The van der Waals surface area contributed by atoms with Gasteiger partial charge < -0.3 is 24.0 Å². The number of hydroxylamine groups is 2. The topological polar surface area (TPSA) is 117 Å². The Balaban J connectivity index is 1.72. The van der Waals surface area contributed by atoms with E-state index in [-0.39, 0.29) is 18.2 Å². The second kappa shape index (κ2) is 11.8. The number of piperidine rings is 1. The zero-order chi connectivity index (χ0) is 25.6. The lowest BCUT2D eigenvalue weighted by Crippen LogP contribution is -2.47. The number of aromatic nitrogens is 2. The number of aliphatic hydroxyl groups is 1. The van der Waals surface area contributed by atoms with Crippen LogP contribution in [0.4, 0.5) is 4.79 Å². The van der Waals surface area contributed by atoms with E-state index < -0.39 is 24.3 Å². The maximum Gasteiger partial charge on any atom is 0.434 e. The Morgan fingerprint density at radius 3 is 2.71 bits per heavy atom. The van der Waals surface area contributed by atoms with Crippen LogP contribution in [0.15, 0.2) is 24.3 Å². The van der Waals surface area contributed by atoms with Crippen molar-refractivity contribution in [2.45, 2.75) is 70.6 Å². The minimum absolute atomic E-state index is 0.0614. The number of amides is 2. The predicted octanol–water partition coefficient (Wildman–Crippen LogP) is 3.16. The molecule has 1 aliphatic heterocycles. The number of carbonyl (C=O) groups is 2. The van der Waals surface area contributed by atoms with Crippen LogP contribution in [-0.2, 0) is 20.8 Å². The number of hydrogen-bond acceptors (Lipinski definition) is 7. The Kier molecular flexibility index (Phi) is 9.09. The molecular weight excluding hydrogens is 452 g/mol. The molecule has 2 heterocycles.